The third-order valence-electron chi connectivity index (χ3n) is 3.66. The van der Waals surface area contributed by atoms with Crippen molar-refractivity contribution in [2.75, 3.05) is 19.0 Å². The van der Waals surface area contributed by atoms with Gasteiger partial charge in [-0.2, -0.15) is 0 Å². The van der Waals surface area contributed by atoms with E-state index in [0.29, 0.717) is 18.2 Å². The van der Waals surface area contributed by atoms with Crippen molar-refractivity contribution in [1.82, 2.24) is 10.3 Å². The normalized spacial score (nSPS) is 10.5. The summed E-state index contributed by atoms with van der Waals surface area (Å²) in [6, 6.07) is 11.2. The van der Waals surface area contributed by atoms with Crippen molar-refractivity contribution < 1.29 is 9.53 Å². The van der Waals surface area contributed by atoms with Gasteiger partial charge in [0.25, 0.3) is 5.91 Å². The third-order valence-corrected chi connectivity index (χ3v) is 3.66. The minimum atomic E-state index is -0.181. The van der Waals surface area contributed by atoms with Gasteiger partial charge in [0.1, 0.15) is 11.4 Å². The Balaban J connectivity index is 1.83. The summed E-state index contributed by atoms with van der Waals surface area (Å²) in [7, 11) is 1.63. The fraction of sp³-hybridized carbons (Fsp3) is 0.368. The number of nitrogens with zero attached hydrogens (tertiary/aromatic N) is 1. The number of hydrogen-bond acceptors (Lipinski definition) is 4. The zero-order valence-electron chi connectivity index (χ0n) is 14.5. The lowest BCUT2D eigenvalue weighted by molar-refractivity contribution is 0.0946. The summed E-state index contributed by atoms with van der Waals surface area (Å²) in [6.45, 7) is 5.74. The van der Waals surface area contributed by atoms with Crippen LogP contribution in [0.3, 0.4) is 0 Å². The number of carbonyl (C=O) groups is 1. The molecule has 5 nitrogen and oxygen atoms in total. The van der Waals surface area contributed by atoms with E-state index in [1.807, 2.05) is 30.3 Å². The van der Waals surface area contributed by atoms with E-state index < -0.39 is 0 Å². The lowest BCUT2D eigenvalue weighted by Gasteiger charge is -2.09. The monoisotopic (exact) mass is 327 g/mol. The lowest BCUT2D eigenvalue weighted by atomic mass is 10.1. The minimum Gasteiger partial charge on any atom is -0.497 e. The number of anilines is 1. The first-order valence-electron chi connectivity index (χ1n) is 8.19. The number of methoxy groups -OCH3 is 1. The number of benzene rings is 1. The highest BCUT2D eigenvalue weighted by Crippen LogP contribution is 2.11. The minimum absolute atomic E-state index is 0.181. The van der Waals surface area contributed by atoms with Crippen LogP contribution in [-0.4, -0.2) is 24.5 Å². The molecule has 1 amide bonds. The maximum absolute atomic E-state index is 12.1. The van der Waals surface area contributed by atoms with E-state index in [1.165, 1.54) is 0 Å². The highest BCUT2D eigenvalue weighted by atomic mass is 16.5. The molecular weight excluding hydrogens is 302 g/mol. The summed E-state index contributed by atoms with van der Waals surface area (Å²) in [5, 5.41) is 6.17. The number of amides is 1. The van der Waals surface area contributed by atoms with E-state index in [1.54, 1.807) is 19.4 Å². The van der Waals surface area contributed by atoms with E-state index in [-0.39, 0.29) is 5.91 Å². The maximum Gasteiger partial charge on any atom is 0.270 e. The van der Waals surface area contributed by atoms with Gasteiger partial charge in [0.15, 0.2) is 0 Å². The summed E-state index contributed by atoms with van der Waals surface area (Å²) in [5.41, 5.74) is 2.36. The van der Waals surface area contributed by atoms with Gasteiger partial charge in [-0.1, -0.05) is 26.0 Å². The highest BCUT2D eigenvalue weighted by Gasteiger charge is 2.07. The zero-order valence-corrected chi connectivity index (χ0v) is 14.5. The Morgan fingerprint density at radius 2 is 1.92 bits per heavy atom. The van der Waals surface area contributed by atoms with Crippen LogP contribution in [0.5, 0.6) is 5.75 Å². The second-order valence-corrected chi connectivity index (χ2v) is 6.07. The molecule has 0 bridgehead atoms. The van der Waals surface area contributed by atoms with Gasteiger partial charge in [-0.3, -0.25) is 4.79 Å². The second kappa shape index (κ2) is 8.91. The van der Waals surface area contributed by atoms with Crippen molar-refractivity contribution in [2.24, 2.45) is 5.92 Å². The predicted molar refractivity (Wildman–Crippen MR) is 96.3 cm³/mol. The number of carbonyl (C=O) groups excluding carboxylic acids is 1. The van der Waals surface area contributed by atoms with Crippen LogP contribution in [0.15, 0.2) is 42.6 Å². The number of pyridine rings is 1. The molecule has 1 aromatic carbocycles. The number of aromatic nitrogens is 1. The molecule has 128 valence electrons. The van der Waals surface area contributed by atoms with Crippen molar-refractivity contribution in [1.29, 1.82) is 0 Å². The van der Waals surface area contributed by atoms with Crippen molar-refractivity contribution in [3.63, 3.8) is 0 Å². The standard InChI is InChI=1S/C19H25N3O2/c1-14(2)10-11-20-16-6-9-18(21-13-16)19(23)22-12-15-4-7-17(24-3)8-5-15/h4-9,13-14,20H,10-12H2,1-3H3,(H,22,23). The van der Waals surface area contributed by atoms with Gasteiger partial charge in [-0.15, -0.1) is 0 Å². The molecule has 0 saturated heterocycles. The van der Waals surface area contributed by atoms with Crippen molar-refractivity contribution in [3.05, 3.63) is 53.9 Å². The van der Waals surface area contributed by atoms with Gasteiger partial charge in [0.2, 0.25) is 0 Å². The quantitative estimate of drug-likeness (QED) is 0.779. The van der Waals surface area contributed by atoms with E-state index in [2.05, 4.69) is 29.5 Å². The molecule has 0 aliphatic rings. The Hall–Kier alpha value is -2.56. The second-order valence-electron chi connectivity index (χ2n) is 6.07. The first-order chi connectivity index (χ1) is 11.6. The zero-order chi connectivity index (χ0) is 17.4. The molecule has 2 aromatic rings. The van der Waals surface area contributed by atoms with Crippen LogP contribution in [0, 0.1) is 5.92 Å². The molecule has 0 spiro atoms. The van der Waals surface area contributed by atoms with Crippen LogP contribution in [-0.2, 0) is 6.54 Å². The Morgan fingerprint density at radius 1 is 1.17 bits per heavy atom. The lowest BCUT2D eigenvalue weighted by Crippen LogP contribution is -2.23. The molecule has 0 atom stereocenters. The van der Waals surface area contributed by atoms with E-state index in [0.717, 1.165) is 30.0 Å². The smallest absolute Gasteiger partial charge is 0.270 e. The average molecular weight is 327 g/mol. The number of ether oxygens (including phenoxy) is 1. The van der Waals surface area contributed by atoms with Gasteiger partial charge in [0.05, 0.1) is 19.0 Å². The summed E-state index contributed by atoms with van der Waals surface area (Å²) >= 11 is 0. The molecule has 0 saturated carbocycles. The van der Waals surface area contributed by atoms with E-state index in [4.69, 9.17) is 4.74 Å². The molecule has 0 radical (unpaired) electrons. The van der Waals surface area contributed by atoms with Crippen molar-refractivity contribution >= 4 is 11.6 Å². The van der Waals surface area contributed by atoms with Crippen LogP contribution in [0.4, 0.5) is 5.69 Å². The Labute approximate surface area is 143 Å². The molecule has 5 heteroatoms. The largest absolute Gasteiger partial charge is 0.497 e. The number of hydrogen-bond donors (Lipinski definition) is 2. The molecular formula is C19H25N3O2. The van der Waals surface area contributed by atoms with Gasteiger partial charge < -0.3 is 15.4 Å². The van der Waals surface area contributed by atoms with Gasteiger partial charge in [-0.05, 0) is 42.2 Å². The first-order valence-corrected chi connectivity index (χ1v) is 8.19. The molecule has 2 N–H and O–H groups in total. The maximum atomic E-state index is 12.1. The molecule has 1 aromatic heterocycles. The van der Waals surface area contributed by atoms with Gasteiger partial charge in [0, 0.05) is 13.1 Å². The third kappa shape index (κ3) is 5.57. The van der Waals surface area contributed by atoms with E-state index >= 15 is 0 Å². The topological polar surface area (TPSA) is 63.2 Å². The van der Waals surface area contributed by atoms with Crippen LogP contribution in [0.2, 0.25) is 0 Å². The number of nitrogens with one attached hydrogen (secondary N) is 2. The Morgan fingerprint density at radius 3 is 2.50 bits per heavy atom. The summed E-state index contributed by atoms with van der Waals surface area (Å²) in [5.74, 6) is 1.28. The van der Waals surface area contributed by atoms with E-state index in [9.17, 15) is 4.79 Å². The average Bonchev–Trinajstić information content (AvgIpc) is 2.60. The molecule has 2 rings (SSSR count). The van der Waals surface area contributed by atoms with Crippen LogP contribution < -0.4 is 15.4 Å². The molecule has 1 heterocycles. The highest BCUT2D eigenvalue weighted by molar-refractivity contribution is 5.92. The summed E-state index contributed by atoms with van der Waals surface area (Å²) in [4.78, 5) is 16.4. The molecule has 24 heavy (non-hydrogen) atoms. The van der Waals surface area contributed by atoms with Gasteiger partial charge in [-0.25, -0.2) is 4.98 Å². The first kappa shape index (κ1) is 17.8. The summed E-state index contributed by atoms with van der Waals surface area (Å²) in [6.07, 6.45) is 2.80. The van der Waals surface area contributed by atoms with Crippen LogP contribution in [0.1, 0.15) is 36.3 Å². The fourth-order valence-electron chi connectivity index (χ4n) is 2.15. The molecule has 0 aliphatic carbocycles. The predicted octanol–water partition coefficient (Wildman–Crippen LogP) is 3.48. The fourth-order valence-corrected chi connectivity index (χ4v) is 2.15. The Kier molecular flexibility index (Phi) is 6.61. The molecule has 0 fully saturated rings. The number of rotatable bonds is 8. The van der Waals surface area contributed by atoms with Crippen LogP contribution >= 0.6 is 0 Å². The molecule has 0 aliphatic heterocycles. The van der Waals surface area contributed by atoms with Crippen molar-refractivity contribution in [2.45, 2.75) is 26.8 Å². The molecule has 0 unspecified atom stereocenters. The summed E-state index contributed by atoms with van der Waals surface area (Å²) < 4.78 is 5.11. The van der Waals surface area contributed by atoms with Crippen LogP contribution in [0.25, 0.3) is 0 Å². The Bertz CT molecular complexity index is 637. The van der Waals surface area contributed by atoms with Crippen molar-refractivity contribution in [3.8, 4) is 5.75 Å². The SMILES string of the molecule is COc1ccc(CNC(=O)c2ccc(NCCC(C)C)cn2)cc1. The van der Waals surface area contributed by atoms with Gasteiger partial charge >= 0.3 is 0 Å².